The Balaban J connectivity index is 2.13. The fraction of sp³-hybridized carbons (Fsp3) is 0.214. The summed E-state index contributed by atoms with van der Waals surface area (Å²) in [4.78, 5) is 14.0. The Morgan fingerprint density at radius 3 is 2.83 bits per heavy atom. The van der Waals surface area contributed by atoms with Gasteiger partial charge in [0.1, 0.15) is 5.82 Å². The topological polar surface area (TPSA) is 20.3 Å². The van der Waals surface area contributed by atoms with Crippen LogP contribution in [0.2, 0.25) is 0 Å². The number of anilines is 1. The molecule has 1 aromatic heterocycles. The van der Waals surface area contributed by atoms with Gasteiger partial charge in [0.2, 0.25) is 0 Å². The third-order valence-corrected chi connectivity index (χ3v) is 3.74. The van der Waals surface area contributed by atoms with Crippen molar-refractivity contribution in [2.75, 3.05) is 18.5 Å². The molecule has 1 aromatic carbocycles. The molecule has 0 spiro atoms. The monoisotopic (exact) mass is 263 g/mol. The predicted molar refractivity (Wildman–Crippen MR) is 73.1 cm³/mol. The van der Waals surface area contributed by atoms with Crippen LogP contribution in [-0.2, 0) is 6.42 Å². The lowest BCUT2D eigenvalue weighted by Gasteiger charge is -2.21. The second-order valence-electron chi connectivity index (χ2n) is 4.05. The predicted octanol–water partition coefficient (Wildman–Crippen LogP) is 3.38. The maximum Gasteiger partial charge on any atom is 0.152 e. The molecule has 0 atom stereocenters. The number of likely N-dealkylation sites (N-methyl/N-ethyl adjacent to an activating group) is 1. The molecule has 18 heavy (non-hydrogen) atoms. The van der Waals surface area contributed by atoms with Crippen LogP contribution in [0.25, 0.3) is 0 Å². The number of hydrogen-bond acceptors (Lipinski definition) is 3. The normalized spacial score (nSPS) is 10.3. The van der Waals surface area contributed by atoms with E-state index in [4.69, 9.17) is 0 Å². The number of halogens is 1. The molecule has 94 valence electrons. The number of para-hydroxylation sites is 1. The minimum atomic E-state index is -0.353. The third kappa shape index (κ3) is 2.76. The number of thiophene rings is 1. The van der Waals surface area contributed by atoms with Crippen LogP contribution in [0.1, 0.15) is 15.2 Å². The molecule has 0 amide bonds. The van der Waals surface area contributed by atoms with Crippen LogP contribution in [0.5, 0.6) is 0 Å². The zero-order valence-electron chi connectivity index (χ0n) is 10.1. The highest BCUT2D eigenvalue weighted by molar-refractivity contribution is 7.09. The van der Waals surface area contributed by atoms with Gasteiger partial charge in [-0.2, -0.15) is 0 Å². The van der Waals surface area contributed by atoms with Gasteiger partial charge in [-0.05, 0) is 30.0 Å². The van der Waals surface area contributed by atoms with E-state index in [-0.39, 0.29) is 5.82 Å². The molecule has 0 aliphatic carbocycles. The van der Waals surface area contributed by atoms with Crippen LogP contribution < -0.4 is 4.90 Å². The average molecular weight is 263 g/mol. The quantitative estimate of drug-likeness (QED) is 0.771. The van der Waals surface area contributed by atoms with Gasteiger partial charge < -0.3 is 4.90 Å². The summed E-state index contributed by atoms with van der Waals surface area (Å²) >= 11 is 1.68. The number of aldehydes is 1. The van der Waals surface area contributed by atoms with E-state index in [1.807, 2.05) is 11.4 Å². The maximum atomic E-state index is 13.8. The maximum absolute atomic E-state index is 13.8. The summed E-state index contributed by atoms with van der Waals surface area (Å²) in [6.07, 6.45) is 1.54. The van der Waals surface area contributed by atoms with Gasteiger partial charge in [-0.25, -0.2) is 4.39 Å². The molecule has 2 aromatic rings. The first-order valence-corrected chi connectivity index (χ1v) is 6.57. The minimum absolute atomic E-state index is 0.353. The zero-order chi connectivity index (χ0) is 13.0. The Bertz CT molecular complexity index is 525. The number of benzene rings is 1. The molecule has 1 heterocycles. The van der Waals surface area contributed by atoms with Crippen LogP contribution in [0, 0.1) is 5.82 Å². The van der Waals surface area contributed by atoms with Crippen LogP contribution in [-0.4, -0.2) is 19.9 Å². The van der Waals surface area contributed by atoms with Crippen molar-refractivity contribution < 1.29 is 9.18 Å². The average Bonchev–Trinajstić information content (AvgIpc) is 2.88. The lowest BCUT2D eigenvalue weighted by Crippen LogP contribution is -2.22. The van der Waals surface area contributed by atoms with Crippen molar-refractivity contribution in [3.63, 3.8) is 0 Å². The van der Waals surface area contributed by atoms with Crippen molar-refractivity contribution >= 4 is 23.3 Å². The number of carbonyl (C=O) groups is 1. The Labute approximate surface area is 110 Å². The molecule has 0 aliphatic rings. The molecule has 0 bridgehead atoms. The highest BCUT2D eigenvalue weighted by atomic mass is 32.1. The largest absolute Gasteiger partial charge is 0.371 e. The van der Waals surface area contributed by atoms with E-state index in [2.05, 4.69) is 6.07 Å². The lowest BCUT2D eigenvalue weighted by molar-refractivity contribution is 0.112. The van der Waals surface area contributed by atoms with Crippen LogP contribution in [0.15, 0.2) is 35.7 Å². The summed E-state index contributed by atoms with van der Waals surface area (Å²) in [6, 6.07) is 8.62. The first-order valence-electron chi connectivity index (χ1n) is 5.69. The van der Waals surface area contributed by atoms with Crippen LogP contribution in [0.4, 0.5) is 10.1 Å². The lowest BCUT2D eigenvalue weighted by atomic mass is 10.1. The summed E-state index contributed by atoms with van der Waals surface area (Å²) in [5.74, 6) is -0.353. The first-order chi connectivity index (χ1) is 8.72. The van der Waals surface area contributed by atoms with Gasteiger partial charge in [-0.3, -0.25) is 4.79 Å². The fourth-order valence-corrected chi connectivity index (χ4v) is 2.57. The molecule has 2 rings (SSSR count). The van der Waals surface area contributed by atoms with Crippen LogP contribution in [0.3, 0.4) is 0 Å². The van der Waals surface area contributed by atoms with Gasteiger partial charge in [0.05, 0.1) is 5.69 Å². The minimum Gasteiger partial charge on any atom is -0.371 e. The number of nitrogens with zero attached hydrogens (tertiary/aromatic N) is 1. The fourth-order valence-electron chi connectivity index (χ4n) is 1.87. The van der Waals surface area contributed by atoms with E-state index in [0.717, 1.165) is 6.42 Å². The SMILES string of the molecule is CN(CCc1cccs1)c1c(F)cccc1C=O. The van der Waals surface area contributed by atoms with Gasteiger partial charge in [0.15, 0.2) is 6.29 Å². The van der Waals surface area contributed by atoms with Crippen molar-refractivity contribution in [3.8, 4) is 0 Å². The summed E-state index contributed by atoms with van der Waals surface area (Å²) in [6.45, 7) is 0.683. The Morgan fingerprint density at radius 2 is 2.17 bits per heavy atom. The first kappa shape index (κ1) is 12.8. The molecule has 2 nitrogen and oxygen atoms in total. The molecular weight excluding hydrogens is 249 g/mol. The van der Waals surface area contributed by atoms with E-state index in [0.29, 0.717) is 24.1 Å². The molecule has 0 aliphatic heterocycles. The molecule has 4 heteroatoms. The van der Waals surface area contributed by atoms with Gasteiger partial charge in [-0.15, -0.1) is 11.3 Å². The molecule has 0 N–H and O–H groups in total. The summed E-state index contributed by atoms with van der Waals surface area (Å²) in [5, 5.41) is 2.02. The highest BCUT2D eigenvalue weighted by Gasteiger charge is 2.12. The van der Waals surface area contributed by atoms with Gasteiger partial charge in [0, 0.05) is 24.0 Å². The van der Waals surface area contributed by atoms with E-state index in [1.54, 1.807) is 35.4 Å². The third-order valence-electron chi connectivity index (χ3n) is 2.80. The Morgan fingerprint density at radius 1 is 1.33 bits per heavy atom. The second kappa shape index (κ2) is 5.78. The standard InChI is InChI=1S/C14H14FNOS/c1-16(8-7-12-5-3-9-18-12)14-11(10-17)4-2-6-13(14)15/h2-6,9-10H,7-8H2,1H3. The van der Waals surface area contributed by atoms with Crippen molar-refractivity contribution in [1.29, 1.82) is 0 Å². The Hall–Kier alpha value is -1.68. The summed E-state index contributed by atoms with van der Waals surface area (Å²) in [5.41, 5.74) is 0.771. The Kier molecular flexibility index (Phi) is 4.10. The van der Waals surface area contributed by atoms with E-state index >= 15 is 0 Å². The smallest absolute Gasteiger partial charge is 0.152 e. The van der Waals surface area contributed by atoms with Crippen molar-refractivity contribution in [2.45, 2.75) is 6.42 Å². The van der Waals surface area contributed by atoms with Crippen LogP contribution >= 0.6 is 11.3 Å². The van der Waals surface area contributed by atoms with Gasteiger partial charge in [-0.1, -0.05) is 12.1 Å². The van der Waals surface area contributed by atoms with Crippen molar-refractivity contribution in [2.24, 2.45) is 0 Å². The number of rotatable bonds is 5. The van der Waals surface area contributed by atoms with E-state index in [9.17, 15) is 9.18 Å². The molecule has 0 radical (unpaired) electrons. The second-order valence-corrected chi connectivity index (χ2v) is 5.08. The molecule has 0 fully saturated rings. The highest BCUT2D eigenvalue weighted by Crippen LogP contribution is 2.22. The van der Waals surface area contributed by atoms with Gasteiger partial charge in [0.25, 0.3) is 0 Å². The summed E-state index contributed by atoms with van der Waals surface area (Å²) in [7, 11) is 1.80. The molecule has 0 saturated carbocycles. The van der Waals surface area contributed by atoms with Crippen molar-refractivity contribution in [3.05, 3.63) is 52.0 Å². The van der Waals surface area contributed by atoms with Gasteiger partial charge >= 0.3 is 0 Å². The number of hydrogen-bond donors (Lipinski definition) is 0. The molecular formula is C14H14FNOS. The summed E-state index contributed by atoms with van der Waals surface area (Å²) < 4.78 is 13.8. The van der Waals surface area contributed by atoms with Crippen molar-refractivity contribution in [1.82, 2.24) is 0 Å². The number of carbonyl (C=O) groups excluding carboxylic acids is 1. The van der Waals surface area contributed by atoms with E-state index < -0.39 is 0 Å². The molecule has 0 unspecified atom stereocenters. The molecule has 0 saturated heterocycles. The zero-order valence-corrected chi connectivity index (χ0v) is 10.9. The van der Waals surface area contributed by atoms with E-state index in [1.165, 1.54) is 10.9 Å².